The standard InChI is InChI=1S/C15H11ClF3NO2/c1-8-6-9(15(17,18)19)2-4-12(8)20-14(22)11-7-10(16)3-5-13(11)21/h2-7,21H,1H3,(H,20,22). The number of nitrogens with one attached hydrogen (secondary N) is 1. The minimum atomic E-state index is -4.45. The van der Waals surface area contributed by atoms with Crippen molar-refractivity contribution in [3.63, 3.8) is 0 Å². The number of benzene rings is 2. The molecule has 0 radical (unpaired) electrons. The Labute approximate surface area is 129 Å². The molecule has 0 fully saturated rings. The number of anilines is 1. The summed E-state index contributed by atoms with van der Waals surface area (Å²) in [6.45, 7) is 1.45. The van der Waals surface area contributed by atoms with E-state index in [0.717, 1.165) is 18.2 Å². The topological polar surface area (TPSA) is 49.3 Å². The van der Waals surface area contributed by atoms with Gasteiger partial charge in [0.2, 0.25) is 0 Å². The van der Waals surface area contributed by atoms with Gasteiger partial charge in [-0.2, -0.15) is 13.2 Å². The third-order valence-corrected chi connectivity index (χ3v) is 3.24. The maximum atomic E-state index is 12.6. The summed E-state index contributed by atoms with van der Waals surface area (Å²) in [6.07, 6.45) is -4.45. The van der Waals surface area contributed by atoms with Crippen LogP contribution in [-0.2, 0) is 6.18 Å². The molecule has 0 aromatic heterocycles. The Morgan fingerprint density at radius 3 is 2.45 bits per heavy atom. The molecule has 0 heterocycles. The normalized spacial score (nSPS) is 11.3. The van der Waals surface area contributed by atoms with Crippen LogP contribution in [-0.4, -0.2) is 11.0 Å². The highest BCUT2D eigenvalue weighted by Gasteiger charge is 2.30. The molecule has 7 heteroatoms. The molecule has 1 amide bonds. The molecule has 0 saturated heterocycles. The number of phenols is 1. The Morgan fingerprint density at radius 1 is 1.18 bits per heavy atom. The number of carbonyl (C=O) groups excluding carboxylic acids is 1. The van der Waals surface area contributed by atoms with E-state index in [0.29, 0.717) is 0 Å². The Bertz CT molecular complexity index is 729. The number of rotatable bonds is 2. The van der Waals surface area contributed by atoms with Crippen molar-refractivity contribution in [1.29, 1.82) is 0 Å². The average Bonchev–Trinajstić information content (AvgIpc) is 2.42. The van der Waals surface area contributed by atoms with Crippen LogP contribution in [0.25, 0.3) is 0 Å². The van der Waals surface area contributed by atoms with Crippen LogP contribution in [0.4, 0.5) is 18.9 Å². The zero-order valence-electron chi connectivity index (χ0n) is 11.3. The van der Waals surface area contributed by atoms with Crippen molar-refractivity contribution < 1.29 is 23.1 Å². The first-order valence-corrected chi connectivity index (χ1v) is 6.54. The zero-order chi connectivity index (χ0) is 16.5. The number of alkyl halides is 3. The summed E-state index contributed by atoms with van der Waals surface area (Å²) >= 11 is 5.75. The van der Waals surface area contributed by atoms with Crippen molar-refractivity contribution in [3.8, 4) is 5.75 Å². The van der Waals surface area contributed by atoms with Crippen molar-refractivity contribution in [2.45, 2.75) is 13.1 Å². The van der Waals surface area contributed by atoms with Crippen LogP contribution < -0.4 is 5.32 Å². The van der Waals surface area contributed by atoms with E-state index in [-0.39, 0.29) is 27.6 Å². The number of aryl methyl sites for hydroxylation is 1. The molecule has 0 unspecified atom stereocenters. The van der Waals surface area contributed by atoms with Crippen molar-refractivity contribution in [1.82, 2.24) is 0 Å². The van der Waals surface area contributed by atoms with Gasteiger partial charge in [0.15, 0.2) is 0 Å². The Kier molecular flexibility index (Phi) is 4.32. The number of hydrogen-bond donors (Lipinski definition) is 2. The van der Waals surface area contributed by atoms with Gasteiger partial charge in [0.25, 0.3) is 5.91 Å². The van der Waals surface area contributed by atoms with E-state index in [1.54, 1.807) is 0 Å². The second-order valence-corrected chi connectivity index (χ2v) is 5.08. The molecule has 22 heavy (non-hydrogen) atoms. The minimum Gasteiger partial charge on any atom is -0.507 e. The third-order valence-electron chi connectivity index (χ3n) is 3.01. The van der Waals surface area contributed by atoms with Crippen molar-refractivity contribution in [2.75, 3.05) is 5.32 Å². The van der Waals surface area contributed by atoms with E-state index < -0.39 is 17.6 Å². The lowest BCUT2D eigenvalue weighted by Crippen LogP contribution is -2.14. The van der Waals surface area contributed by atoms with Gasteiger partial charge in [-0.05, 0) is 48.9 Å². The number of amides is 1. The minimum absolute atomic E-state index is 0.0632. The van der Waals surface area contributed by atoms with Gasteiger partial charge in [-0.3, -0.25) is 4.79 Å². The average molecular weight is 330 g/mol. The molecule has 2 rings (SSSR count). The molecule has 0 atom stereocenters. The van der Waals surface area contributed by atoms with Gasteiger partial charge in [-0.15, -0.1) is 0 Å². The summed E-state index contributed by atoms with van der Waals surface area (Å²) in [5, 5.41) is 12.3. The smallest absolute Gasteiger partial charge is 0.416 e. The summed E-state index contributed by atoms with van der Waals surface area (Å²) < 4.78 is 37.8. The summed E-state index contributed by atoms with van der Waals surface area (Å²) in [5.74, 6) is -0.936. The van der Waals surface area contributed by atoms with Crippen molar-refractivity contribution in [3.05, 3.63) is 58.1 Å². The molecule has 0 bridgehead atoms. The molecule has 116 valence electrons. The van der Waals surface area contributed by atoms with Crippen molar-refractivity contribution in [2.24, 2.45) is 0 Å². The van der Waals surface area contributed by atoms with Crippen LogP contribution in [0.1, 0.15) is 21.5 Å². The Morgan fingerprint density at radius 2 is 1.86 bits per heavy atom. The largest absolute Gasteiger partial charge is 0.507 e. The first kappa shape index (κ1) is 16.2. The van der Waals surface area contributed by atoms with Crippen LogP contribution in [0.5, 0.6) is 5.75 Å². The molecule has 3 nitrogen and oxygen atoms in total. The van der Waals surface area contributed by atoms with Crippen LogP contribution in [0.3, 0.4) is 0 Å². The Balaban J connectivity index is 2.27. The first-order valence-electron chi connectivity index (χ1n) is 6.16. The maximum Gasteiger partial charge on any atom is 0.416 e. The highest BCUT2D eigenvalue weighted by molar-refractivity contribution is 6.31. The molecular formula is C15H11ClF3NO2. The summed E-state index contributed by atoms with van der Waals surface area (Å²) in [6, 6.07) is 6.92. The van der Waals surface area contributed by atoms with Gasteiger partial charge < -0.3 is 10.4 Å². The quantitative estimate of drug-likeness (QED) is 0.844. The monoisotopic (exact) mass is 329 g/mol. The van der Waals surface area contributed by atoms with Crippen LogP contribution in [0.2, 0.25) is 5.02 Å². The van der Waals surface area contributed by atoms with Gasteiger partial charge in [-0.1, -0.05) is 11.6 Å². The van der Waals surface area contributed by atoms with E-state index in [2.05, 4.69) is 5.32 Å². The molecule has 2 aromatic carbocycles. The molecule has 0 saturated carbocycles. The third kappa shape index (κ3) is 3.51. The van der Waals surface area contributed by atoms with Gasteiger partial charge in [-0.25, -0.2) is 0 Å². The number of carbonyl (C=O) groups is 1. The maximum absolute atomic E-state index is 12.6. The van der Waals surface area contributed by atoms with E-state index in [1.165, 1.54) is 25.1 Å². The van der Waals surface area contributed by atoms with Gasteiger partial charge in [0, 0.05) is 10.7 Å². The number of halogens is 4. The number of aromatic hydroxyl groups is 1. The lowest BCUT2D eigenvalue weighted by Gasteiger charge is -2.12. The van der Waals surface area contributed by atoms with Gasteiger partial charge in [0.1, 0.15) is 5.75 Å². The summed E-state index contributed by atoms with van der Waals surface area (Å²) in [4.78, 5) is 12.1. The summed E-state index contributed by atoms with van der Waals surface area (Å²) in [5.41, 5.74) is -0.387. The molecule has 0 aliphatic carbocycles. The van der Waals surface area contributed by atoms with Crippen LogP contribution in [0, 0.1) is 6.92 Å². The number of hydrogen-bond acceptors (Lipinski definition) is 2. The molecule has 2 aromatic rings. The second-order valence-electron chi connectivity index (χ2n) is 4.64. The van der Waals surface area contributed by atoms with Crippen molar-refractivity contribution >= 4 is 23.2 Å². The molecular weight excluding hydrogens is 319 g/mol. The van der Waals surface area contributed by atoms with Crippen LogP contribution >= 0.6 is 11.6 Å². The second kappa shape index (κ2) is 5.88. The van der Waals surface area contributed by atoms with E-state index in [1.807, 2.05) is 0 Å². The predicted octanol–water partition coefficient (Wildman–Crippen LogP) is 4.63. The fraction of sp³-hybridized carbons (Fsp3) is 0.133. The lowest BCUT2D eigenvalue weighted by molar-refractivity contribution is -0.137. The van der Waals surface area contributed by atoms with E-state index in [4.69, 9.17) is 11.6 Å². The predicted molar refractivity (Wildman–Crippen MR) is 77.3 cm³/mol. The summed E-state index contributed by atoms with van der Waals surface area (Å²) in [7, 11) is 0. The van der Waals surface area contributed by atoms with Crippen LogP contribution in [0.15, 0.2) is 36.4 Å². The fourth-order valence-corrected chi connectivity index (χ4v) is 2.03. The molecule has 2 N–H and O–H groups in total. The fourth-order valence-electron chi connectivity index (χ4n) is 1.86. The van der Waals surface area contributed by atoms with Gasteiger partial charge >= 0.3 is 6.18 Å². The van der Waals surface area contributed by atoms with E-state index >= 15 is 0 Å². The number of phenolic OH excluding ortho intramolecular Hbond substituents is 1. The highest BCUT2D eigenvalue weighted by Crippen LogP contribution is 2.32. The Hall–Kier alpha value is -2.21. The molecule has 0 spiro atoms. The molecule has 0 aliphatic rings. The SMILES string of the molecule is Cc1cc(C(F)(F)F)ccc1NC(=O)c1cc(Cl)ccc1O. The molecule has 0 aliphatic heterocycles. The van der Waals surface area contributed by atoms with E-state index in [9.17, 15) is 23.1 Å². The highest BCUT2D eigenvalue weighted by atomic mass is 35.5. The zero-order valence-corrected chi connectivity index (χ0v) is 12.1. The van der Waals surface area contributed by atoms with Gasteiger partial charge in [0.05, 0.1) is 11.1 Å². The first-order chi connectivity index (χ1) is 10.2. The lowest BCUT2D eigenvalue weighted by atomic mass is 10.1.